The van der Waals surface area contributed by atoms with Crippen LogP contribution in [0.4, 0.5) is 5.69 Å². The lowest BCUT2D eigenvalue weighted by molar-refractivity contribution is 0.0479. The van der Waals surface area contributed by atoms with Gasteiger partial charge >= 0.3 is 5.97 Å². The van der Waals surface area contributed by atoms with Crippen LogP contribution >= 0.6 is 34.9 Å². The first-order valence-electron chi connectivity index (χ1n) is 6.87. The SMILES string of the molecule is O=C(OCc1ccccc1NC(=S)c1cccs1)c1cccs1. The van der Waals surface area contributed by atoms with Crippen LogP contribution in [0, 0.1) is 0 Å². The molecule has 2 heterocycles. The number of rotatable bonds is 5. The van der Waals surface area contributed by atoms with Crippen LogP contribution in [0.3, 0.4) is 0 Å². The third-order valence-corrected chi connectivity index (χ3v) is 5.28. The average molecular weight is 359 g/mol. The lowest BCUT2D eigenvalue weighted by Crippen LogP contribution is -2.11. The molecular formula is C17H13NO2S3. The summed E-state index contributed by atoms with van der Waals surface area (Å²) in [5.41, 5.74) is 1.74. The van der Waals surface area contributed by atoms with Crippen molar-refractivity contribution in [2.75, 3.05) is 5.32 Å². The van der Waals surface area contributed by atoms with Gasteiger partial charge in [-0.1, -0.05) is 42.5 Å². The summed E-state index contributed by atoms with van der Waals surface area (Å²) in [6.07, 6.45) is 0. The molecule has 0 aliphatic rings. The smallest absolute Gasteiger partial charge is 0.348 e. The number of hydrogen-bond acceptors (Lipinski definition) is 5. The van der Waals surface area contributed by atoms with E-state index in [1.54, 1.807) is 17.4 Å². The van der Waals surface area contributed by atoms with Gasteiger partial charge in [0.1, 0.15) is 16.5 Å². The second kappa shape index (κ2) is 7.50. The van der Waals surface area contributed by atoms with Crippen LogP contribution in [0.1, 0.15) is 20.1 Å². The van der Waals surface area contributed by atoms with E-state index in [9.17, 15) is 4.79 Å². The van der Waals surface area contributed by atoms with Crippen molar-refractivity contribution in [2.24, 2.45) is 0 Å². The molecule has 0 atom stereocenters. The summed E-state index contributed by atoms with van der Waals surface area (Å²) in [5, 5.41) is 7.06. The molecule has 1 aromatic carbocycles. The molecule has 0 fully saturated rings. The maximum absolute atomic E-state index is 11.9. The van der Waals surface area contributed by atoms with E-state index in [1.165, 1.54) is 11.3 Å². The molecule has 0 saturated carbocycles. The van der Waals surface area contributed by atoms with E-state index in [1.807, 2.05) is 53.2 Å². The Morgan fingerprint density at radius 3 is 2.39 bits per heavy atom. The first kappa shape index (κ1) is 15.9. The minimum atomic E-state index is -0.310. The largest absolute Gasteiger partial charge is 0.457 e. The number of thiophene rings is 2. The fraction of sp³-hybridized carbons (Fsp3) is 0.0588. The van der Waals surface area contributed by atoms with Gasteiger partial charge in [0.2, 0.25) is 0 Å². The molecule has 23 heavy (non-hydrogen) atoms. The first-order chi connectivity index (χ1) is 11.2. The summed E-state index contributed by atoms with van der Waals surface area (Å²) in [5.74, 6) is -0.310. The number of hydrogen-bond donors (Lipinski definition) is 1. The van der Waals surface area contributed by atoms with Crippen LogP contribution in [0.15, 0.2) is 59.3 Å². The Balaban J connectivity index is 1.68. The van der Waals surface area contributed by atoms with Crippen LogP contribution in [-0.2, 0) is 11.3 Å². The predicted molar refractivity (Wildman–Crippen MR) is 99.5 cm³/mol. The summed E-state index contributed by atoms with van der Waals surface area (Å²) < 4.78 is 5.38. The molecule has 0 aliphatic carbocycles. The van der Waals surface area contributed by atoms with E-state index < -0.39 is 0 Å². The molecule has 1 N–H and O–H groups in total. The fourth-order valence-corrected chi connectivity index (χ4v) is 3.53. The van der Waals surface area contributed by atoms with Gasteiger partial charge in [-0.3, -0.25) is 0 Å². The number of thiocarbonyl (C=S) groups is 1. The molecule has 0 saturated heterocycles. The first-order valence-corrected chi connectivity index (χ1v) is 9.04. The van der Waals surface area contributed by atoms with Crippen LogP contribution in [0.5, 0.6) is 0 Å². The predicted octanol–water partition coefficient (Wildman–Crippen LogP) is 4.95. The molecule has 3 nitrogen and oxygen atoms in total. The van der Waals surface area contributed by atoms with Crippen molar-refractivity contribution in [1.82, 2.24) is 0 Å². The standard InChI is InChI=1S/C17H13NO2S3/c19-17(15-8-4-10-23-15)20-11-12-5-1-2-6-13(12)18-16(21)14-7-3-9-22-14/h1-10H,11H2,(H,18,21). The van der Waals surface area contributed by atoms with E-state index in [0.29, 0.717) is 9.87 Å². The second-order valence-corrected chi connectivity index (χ2v) is 6.95. The minimum Gasteiger partial charge on any atom is -0.457 e. The van der Waals surface area contributed by atoms with E-state index in [2.05, 4.69) is 5.32 Å². The van der Waals surface area contributed by atoms with Gasteiger partial charge in [-0.25, -0.2) is 4.79 Å². The summed E-state index contributed by atoms with van der Waals surface area (Å²) in [7, 11) is 0. The molecular weight excluding hydrogens is 346 g/mol. The molecule has 0 radical (unpaired) electrons. The fourth-order valence-electron chi connectivity index (χ4n) is 1.97. The van der Waals surface area contributed by atoms with Crippen LogP contribution in [0.2, 0.25) is 0 Å². The van der Waals surface area contributed by atoms with Crippen LogP contribution in [0.25, 0.3) is 0 Å². The van der Waals surface area contributed by atoms with E-state index in [4.69, 9.17) is 17.0 Å². The summed E-state index contributed by atoms with van der Waals surface area (Å²) in [6.45, 7) is 0.201. The molecule has 6 heteroatoms. The molecule has 0 aliphatic heterocycles. The van der Waals surface area contributed by atoms with Gasteiger partial charge in [0.05, 0.1) is 4.88 Å². The van der Waals surface area contributed by atoms with Gasteiger partial charge in [-0.05, 0) is 29.0 Å². The Hall–Kier alpha value is -2.02. The normalized spacial score (nSPS) is 10.3. The third-order valence-electron chi connectivity index (χ3n) is 3.09. The van der Waals surface area contributed by atoms with Gasteiger partial charge in [-0.2, -0.15) is 0 Å². The van der Waals surface area contributed by atoms with Crippen LogP contribution in [-0.4, -0.2) is 11.0 Å². The van der Waals surface area contributed by atoms with Gasteiger partial charge in [0.25, 0.3) is 0 Å². The number of anilines is 1. The Morgan fingerprint density at radius 1 is 1.00 bits per heavy atom. The number of nitrogens with one attached hydrogen (secondary N) is 1. The zero-order chi connectivity index (χ0) is 16.1. The highest BCUT2D eigenvalue weighted by Gasteiger charge is 2.11. The van der Waals surface area contributed by atoms with Crippen molar-refractivity contribution < 1.29 is 9.53 Å². The molecule has 0 amide bonds. The zero-order valence-electron chi connectivity index (χ0n) is 12.0. The molecule has 116 valence electrons. The summed E-state index contributed by atoms with van der Waals surface area (Å²) >= 11 is 8.36. The molecule has 0 bridgehead atoms. The van der Waals surface area contributed by atoms with Crippen molar-refractivity contribution in [3.63, 3.8) is 0 Å². The van der Waals surface area contributed by atoms with Gasteiger partial charge in [0.15, 0.2) is 0 Å². The number of carbonyl (C=O) groups excluding carboxylic acids is 1. The summed E-state index contributed by atoms with van der Waals surface area (Å²) in [6, 6.07) is 15.2. The zero-order valence-corrected chi connectivity index (χ0v) is 14.5. The Bertz CT molecular complexity index is 795. The average Bonchev–Trinajstić information content (AvgIpc) is 3.26. The van der Waals surface area contributed by atoms with Crippen molar-refractivity contribution in [1.29, 1.82) is 0 Å². The highest BCUT2D eigenvalue weighted by Crippen LogP contribution is 2.20. The van der Waals surface area contributed by atoms with Gasteiger partial charge in [-0.15, -0.1) is 22.7 Å². The van der Waals surface area contributed by atoms with E-state index in [0.717, 1.165) is 16.1 Å². The van der Waals surface area contributed by atoms with Gasteiger partial charge in [0, 0.05) is 11.3 Å². The number of benzene rings is 1. The topological polar surface area (TPSA) is 38.3 Å². The van der Waals surface area contributed by atoms with Crippen molar-refractivity contribution in [3.05, 3.63) is 74.6 Å². The number of carbonyl (C=O) groups is 1. The van der Waals surface area contributed by atoms with Crippen molar-refractivity contribution >= 4 is 51.5 Å². The Morgan fingerprint density at radius 2 is 1.70 bits per heavy atom. The van der Waals surface area contributed by atoms with E-state index in [-0.39, 0.29) is 12.6 Å². The maximum Gasteiger partial charge on any atom is 0.348 e. The lowest BCUT2D eigenvalue weighted by Gasteiger charge is -2.12. The summed E-state index contributed by atoms with van der Waals surface area (Å²) in [4.78, 5) is 14.2. The van der Waals surface area contributed by atoms with Crippen molar-refractivity contribution in [2.45, 2.75) is 6.61 Å². The molecule has 3 rings (SSSR count). The highest BCUT2D eigenvalue weighted by atomic mass is 32.1. The Labute approximate surface area is 147 Å². The Kier molecular flexibility index (Phi) is 5.17. The number of esters is 1. The highest BCUT2D eigenvalue weighted by molar-refractivity contribution is 7.81. The molecule has 0 unspecified atom stereocenters. The number of ether oxygens (including phenoxy) is 1. The second-order valence-electron chi connectivity index (χ2n) is 4.64. The lowest BCUT2D eigenvalue weighted by atomic mass is 10.2. The molecule has 0 spiro atoms. The van der Waals surface area contributed by atoms with E-state index >= 15 is 0 Å². The van der Waals surface area contributed by atoms with Crippen LogP contribution < -0.4 is 5.32 Å². The third kappa shape index (κ3) is 4.04. The number of para-hydroxylation sites is 1. The quantitative estimate of drug-likeness (QED) is 0.516. The molecule has 3 aromatic rings. The van der Waals surface area contributed by atoms with Gasteiger partial charge < -0.3 is 10.1 Å². The maximum atomic E-state index is 11.9. The van der Waals surface area contributed by atoms with Crippen molar-refractivity contribution in [3.8, 4) is 0 Å². The monoisotopic (exact) mass is 359 g/mol. The molecule has 2 aromatic heterocycles. The minimum absolute atomic E-state index is 0.201.